The quantitative estimate of drug-likeness (QED) is 0.128. The summed E-state index contributed by atoms with van der Waals surface area (Å²) in [6.07, 6.45) is 5.38. The van der Waals surface area contributed by atoms with E-state index < -0.39 is 11.9 Å². The van der Waals surface area contributed by atoms with Gasteiger partial charge in [0.2, 0.25) is 0 Å². The minimum absolute atomic E-state index is 0.130. The largest absolute Gasteiger partial charge is 0.465 e. The molecule has 0 saturated heterocycles. The molecule has 6 heteroatoms. The maximum Gasteiger partial charge on any atom is 0.347 e. The van der Waals surface area contributed by atoms with Crippen molar-refractivity contribution in [3.8, 4) is 12.3 Å². The van der Waals surface area contributed by atoms with Crippen molar-refractivity contribution in [3.05, 3.63) is 50.7 Å². The van der Waals surface area contributed by atoms with Crippen molar-refractivity contribution in [2.24, 2.45) is 5.41 Å². The van der Waals surface area contributed by atoms with Crippen molar-refractivity contribution < 1.29 is 19.1 Å². The Kier molecular flexibility index (Phi) is 8.57. The Hall–Kier alpha value is -2.27. The van der Waals surface area contributed by atoms with Gasteiger partial charge in [-0.25, -0.2) is 9.59 Å². The highest BCUT2D eigenvalue weighted by Gasteiger charge is 2.30. The fraction of sp³-hybridized carbons (Fsp3) is 0.333. The highest BCUT2D eigenvalue weighted by molar-refractivity contribution is 14.1. The van der Waals surface area contributed by atoms with Crippen LogP contribution in [0, 0.1) is 17.8 Å². The van der Waals surface area contributed by atoms with Crippen molar-refractivity contribution in [2.75, 3.05) is 20.8 Å². The van der Waals surface area contributed by atoms with E-state index in [1.807, 2.05) is 30.3 Å². The van der Waals surface area contributed by atoms with E-state index in [-0.39, 0.29) is 17.5 Å². The molecule has 0 fully saturated rings. The predicted octanol–water partition coefficient (Wildman–Crippen LogP) is 3.70. The fourth-order valence-corrected chi connectivity index (χ4v) is 4.11. The molecule has 1 rings (SSSR count). The van der Waals surface area contributed by atoms with Crippen LogP contribution in [0.1, 0.15) is 26.3 Å². The molecule has 144 valence electrons. The number of benzene rings is 1. The van der Waals surface area contributed by atoms with Crippen LogP contribution in [0.15, 0.2) is 45.2 Å². The lowest BCUT2D eigenvalue weighted by atomic mass is 9.81. The Morgan fingerprint density at radius 1 is 1.11 bits per heavy atom. The maximum atomic E-state index is 12.3. The highest BCUT2D eigenvalue weighted by Crippen LogP contribution is 2.41. The van der Waals surface area contributed by atoms with Gasteiger partial charge >= 0.3 is 11.9 Å². The first-order valence-corrected chi connectivity index (χ1v) is 9.31. The molecule has 0 aliphatic carbocycles. The average molecular weight is 481 g/mol. The van der Waals surface area contributed by atoms with Crippen LogP contribution < -0.4 is 5.32 Å². The third-order valence-electron chi connectivity index (χ3n) is 3.65. The van der Waals surface area contributed by atoms with Gasteiger partial charge in [-0.2, -0.15) is 0 Å². The number of nitrogens with one attached hydrogen (secondary N) is 1. The second-order valence-electron chi connectivity index (χ2n) is 6.60. The minimum Gasteiger partial charge on any atom is -0.465 e. The zero-order valence-corrected chi connectivity index (χ0v) is 18.3. The number of terminal acetylenes is 1. The van der Waals surface area contributed by atoms with Crippen LogP contribution >= 0.6 is 22.6 Å². The molecule has 1 N–H and O–H groups in total. The lowest BCUT2D eigenvalue weighted by molar-refractivity contribution is -0.144. The number of carbonyl (C=O) groups is 2. The molecule has 0 spiro atoms. The van der Waals surface area contributed by atoms with E-state index in [4.69, 9.17) is 15.9 Å². The third kappa shape index (κ3) is 5.86. The van der Waals surface area contributed by atoms with Crippen molar-refractivity contribution in [1.82, 2.24) is 5.32 Å². The van der Waals surface area contributed by atoms with Gasteiger partial charge in [0.25, 0.3) is 0 Å². The van der Waals surface area contributed by atoms with Crippen molar-refractivity contribution >= 4 is 40.1 Å². The molecule has 0 atom stereocenters. The molecule has 0 bridgehead atoms. The minimum atomic E-state index is -0.795. The van der Waals surface area contributed by atoms with Crippen LogP contribution in [0.3, 0.4) is 0 Å². The maximum absolute atomic E-state index is 12.3. The Morgan fingerprint density at radius 3 is 2.04 bits per heavy atom. The van der Waals surface area contributed by atoms with E-state index in [0.29, 0.717) is 9.28 Å². The molecule has 1 aromatic rings. The number of esters is 2. The smallest absolute Gasteiger partial charge is 0.347 e. The van der Waals surface area contributed by atoms with E-state index in [2.05, 4.69) is 54.6 Å². The van der Waals surface area contributed by atoms with Crippen LogP contribution in [0.25, 0.3) is 5.57 Å². The van der Waals surface area contributed by atoms with Gasteiger partial charge < -0.3 is 14.8 Å². The average Bonchev–Trinajstić information content (AvgIpc) is 2.63. The van der Waals surface area contributed by atoms with E-state index in [1.54, 1.807) is 0 Å². The third-order valence-corrected chi connectivity index (χ3v) is 4.73. The van der Waals surface area contributed by atoms with Gasteiger partial charge in [-0.05, 0) is 39.1 Å². The number of ether oxygens (including phenoxy) is 2. The molecule has 0 aromatic heterocycles. The number of rotatable bonds is 6. The number of halogens is 1. The Bertz CT molecular complexity index is 778. The van der Waals surface area contributed by atoms with Crippen LogP contribution in [0.2, 0.25) is 0 Å². The summed E-state index contributed by atoms with van der Waals surface area (Å²) in [5.41, 5.74) is 1.72. The number of carbonyl (C=O) groups excluding carboxylic acids is 2. The van der Waals surface area contributed by atoms with Gasteiger partial charge in [-0.15, -0.1) is 6.42 Å². The first kappa shape index (κ1) is 22.8. The van der Waals surface area contributed by atoms with Crippen LogP contribution in [0.5, 0.6) is 0 Å². The summed E-state index contributed by atoms with van der Waals surface area (Å²) >= 11 is 2.12. The second kappa shape index (κ2) is 10.2. The monoisotopic (exact) mass is 481 g/mol. The Labute approximate surface area is 174 Å². The summed E-state index contributed by atoms with van der Waals surface area (Å²) in [6.45, 7) is 6.31. The van der Waals surface area contributed by atoms with Crippen LogP contribution in [-0.2, 0) is 19.1 Å². The zero-order chi connectivity index (χ0) is 20.6. The first-order chi connectivity index (χ1) is 12.7. The van der Waals surface area contributed by atoms with Gasteiger partial charge in [-0.3, -0.25) is 0 Å². The normalized spacial score (nSPS) is 11.6. The van der Waals surface area contributed by atoms with Gasteiger partial charge in [0, 0.05) is 3.58 Å². The summed E-state index contributed by atoms with van der Waals surface area (Å²) in [6, 6.07) is 9.76. The van der Waals surface area contributed by atoms with Gasteiger partial charge in [0.15, 0.2) is 5.57 Å². The summed E-state index contributed by atoms with van der Waals surface area (Å²) in [5, 5.41) is 3.00. The van der Waals surface area contributed by atoms with Crippen LogP contribution in [0.4, 0.5) is 0 Å². The summed E-state index contributed by atoms with van der Waals surface area (Å²) in [5.74, 6) is 0.875. The molecule has 0 saturated carbocycles. The zero-order valence-electron chi connectivity index (χ0n) is 16.2. The highest BCUT2D eigenvalue weighted by atomic mass is 127. The SMILES string of the molecule is C#CCNC(=C(C(=O)OC)C(=O)OC)/C(I)=C(/c1ccccc1)C(C)(C)C. The van der Waals surface area contributed by atoms with E-state index in [9.17, 15) is 9.59 Å². The molecule has 0 aliphatic rings. The molecule has 0 aliphatic heterocycles. The first-order valence-electron chi connectivity index (χ1n) is 8.23. The van der Waals surface area contributed by atoms with Crippen molar-refractivity contribution in [1.29, 1.82) is 0 Å². The molecular formula is C21H24INO4. The lowest BCUT2D eigenvalue weighted by Crippen LogP contribution is -2.26. The van der Waals surface area contributed by atoms with Gasteiger partial charge in [0.1, 0.15) is 0 Å². The molecule has 5 nitrogen and oxygen atoms in total. The second-order valence-corrected chi connectivity index (χ2v) is 7.67. The van der Waals surface area contributed by atoms with E-state index >= 15 is 0 Å². The molecule has 1 aromatic carbocycles. The molecule has 0 radical (unpaired) electrons. The molecule has 0 amide bonds. The standard InChI is InChI=1S/C21H24INO4/c1-7-13-23-18(15(19(24)26-5)20(25)27-6)17(22)16(21(2,3)4)14-11-9-8-10-12-14/h1,8-12,23H,13H2,2-6H3/b17-16+. The predicted molar refractivity (Wildman–Crippen MR) is 115 cm³/mol. The Morgan fingerprint density at radius 2 is 1.63 bits per heavy atom. The summed E-state index contributed by atoms with van der Waals surface area (Å²) in [7, 11) is 2.42. The van der Waals surface area contributed by atoms with Crippen molar-refractivity contribution in [2.45, 2.75) is 20.8 Å². The number of hydrogen-bond donors (Lipinski definition) is 1. The van der Waals surface area contributed by atoms with E-state index in [0.717, 1.165) is 11.1 Å². The summed E-state index contributed by atoms with van der Waals surface area (Å²) in [4.78, 5) is 24.7. The van der Waals surface area contributed by atoms with E-state index in [1.165, 1.54) is 14.2 Å². The van der Waals surface area contributed by atoms with Crippen molar-refractivity contribution in [3.63, 3.8) is 0 Å². The number of allylic oxidation sites excluding steroid dienone is 2. The van der Waals surface area contributed by atoms with Gasteiger partial charge in [0.05, 0.1) is 26.5 Å². The molecule has 0 unspecified atom stereocenters. The Balaban J connectivity index is 3.89. The molecular weight excluding hydrogens is 457 g/mol. The number of hydrogen-bond acceptors (Lipinski definition) is 5. The topological polar surface area (TPSA) is 64.6 Å². The van der Waals surface area contributed by atoms with Crippen LogP contribution in [-0.4, -0.2) is 32.7 Å². The van der Waals surface area contributed by atoms with Gasteiger partial charge in [-0.1, -0.05) is 57.0 Å². The number of methoxy groups -OCH3 is 2. The molecule has 27 heavy (non-hydrogen) atoms. The fourth-order valence-electron chi connectivity index (χ4n) is 2.53. The summed E-state index contributed by atoms with van der Waals surface area (Å²) < 4.78 is 10.3. The molecule has 0 heterocycles. The lowest BCUT2D eigenvalue weighted by Gasteiger charge is -2.27.